The van der Waals surface area contributed by atoms with E-state index >= 15 is 0 Å². The number of alkyl halides is 1. The van der Waals surface area contributed by atoms with Crippen LogP contribution in [0.2, 0.25) is 5.02 Å². The van der Waals surface area contributed by atoms with Gasteiger partial charge in [-0.05, 0) is 49.1 Å². The van der Waals surface area contributed by atoms with Crippen LogP contribution in [0.15, 0.2) is 36.4 Å². The number of rotatable bonds is 2. The molecule has 0 bridgehead atoms. The molecule has 94 valence electrons. The van der Waals surface area contributed by atoms with Crippen molar-refractivity contribution in [3.05, 3.63) is 69.2 Å². The second-order valence-corrected chi connectivity index (χ2v) is 5.58. The zero-order chi connectivity index (χ0) is 13.3. The van der Waals surface area contributed by atoms with Gasteiger partial charge in [0.25, 0.3) is 0 Å². The Balaban J connectivity index is 2.46. The van der Waals surface area contributed by atoms with Gasteiger partial charge in [-0.3, -0.25) is 0 Å². The Morgan fingerprint density at radius 2 is 1.61 bits per heavy atom. The van der Waals surface area contributed by atoms with Gasteiger partial charge < -0.3 is 0 Å². The van der Waals surface area contributed by atoms with Crippen LogP contribution in [0.4, 0.5) is 0 Å². The molecule has 0 nitrogen and oxygen atoms in total. The second-order valence-electron chi connectivity index (χ2n) is 4.73. The second kappa shape index (κ2) is 5.34. The van der Waals surface area contributed by atoms with Gasteiger partial charge in [0.15, 0.2) is 0 Å². The summed E-state index contributed by atoms with van der Waals surface area (Å²) in [7, 11) is 0. The summed E-state index contributed by atoms with van der Waals surface area (Å²) >= 11 is 12.9. The van der Waals surface area contributed by atoms with Crippen molar-refractivity contribution >= 4 is 23.2 Å². The molecule has 0 aliphatic carbocycles. The predicted molar refractivity (Wildman–Crippen MR) is 79.8 cm³/mol. The normalized spacial score (nSPS) is 12.5. The molecule has 0 fully saturated rings. The average Bonchev–Trinajstić information content (AvgIpc) is 2.33. The molecule has 0 spiro atoms. The maximum atomic E-state index is 6.55. The van der Waals surface area contributed by atoms with Crippen molar-refractivity contribution in [2.45, 2.75) is 26.1 Å². The van der Waals surface area contributed by atoms with Gasteiger partial charge in [0.05, 0.1) is 5.38 Å². The van der Waals surface area contributed by atoms with E-state index in [1.807, 2.05) is 18.2 Å². The molecular formula is C16H16Cl2. The van der Waals surface area contributed by atoms with E-state index in [0.717, 1.165) is 16.1 Å². The molecule has 2 aromatic carbocycles. The minimum atomic E-state index is -0.198. The van der Waals surface area contributed by atoms with Crippen LogP contribution in [0.1, 0.15) is 33.2 Å². The molecule has 0 radical (unpaired) electrons. The lowest BCUT2D eigenvalue weighted by molar-refractivity contribution is 1.12. The minimum absolute atomic E-state index is 0.198. The first kappa shape index (κ1) is 13.5. The summed E-state index contributed by atoms with van der Waals surface area (Å²) in [6.07, 6.45) is 0. The van der Waals surface area contributed by atoms with E-state index < -0.39 is 0 Å². The highest BCUT2D eigenvalue weighted by atomic mass is 35.5. The molecule has 0 saturated heterocycles. The van der Waals surface area contributed by atoms with Crippen molar-refractivity contribution in [2.24, 2.45) is 0 Å². The zero-order valence-corrected chi connectivity index (χ0v) is 12.3. The number of hydrogen-bond acceptors (Lipinski definition) is 0. The highest BCUT2D eigenvalue weighted by Gasteiger charge is 2.15. The summed E-state index contributed by atoms with van der Waals surface area (Å²) in [6, 6.07) is 12.3. The summed E-state index contributed by atoms with van der Waals surface area (Å²) < 4.78 is 0. The maximum Gasteiger partial charge on any atom is 0.0849 e. The van der Waals surface area contributed by atoms with Gasteiger partial charge in [-0.1, -0.05) is 47.5 Å². The van der Waals surface area contributed by atoms with Crippen molar-refractivity contribution < 1.29 is 0 Å². The largest absolute Gasteiger partial charge is 0.113 e. The van der Waals surface area contributed by atoms with Gasteiger partial charge in [-0.15, -0.1) is 11.6 Å². The lowest BCUT2D eigenvalue weighted by atomic mass is 9.99. The van der Waals surface area contributed by atoms with Crippen molar-refractivity contribution in [1.82, 2.24) is 0 Å². The van der Waals surface area contributed by atoms with Gasteiger partial charge in [-0.25, -0.2) is 0 Å². The molecule has 0 saturated carbocycles. The third-order valence-corrected chi connectivity index (χ3v) is 4.04. The van der Waals surface area contributed by atoms with E-state index in [1.54, 1.807) is 0 Å². The Hall–Kier alpha value is -0.980. The first-order valence-corrected chi connectivity index (χ1v) is 6.78. The Labute approximate surface area is 119 Å². The predicted octanol–water partition coefficient (Wildman–Crippen LogP) is 5.59. The van der Waals surface area contributed by atoms with Crippen molar-refractivity contribution in [2.75, 3.05) is 0 Å². The highest BCUT2D eigenvalue weighted by molar-refractivity contribution is 6.33. The monoisotopic (exact) mass is 278 g/mol. The van der Waals surface area contributed by atoms with Gasteiger partial charge in [0.2, 0.25) is 0 Å². The van der Waals surface area contributed by atoms with Crippen LogP contribution in [0.5, 0.6) is 0 Å². The Morgan fingerprint density at radius 1 is 0.944 bits per heavy atom. The van der Waals surface area contributed by atoms with Crippen LogP contribution in [0, 0.1) is 20.8 Å². The lowest BCUT2D eigenvalue weighted by Crippen LogP contribution is -1.97. The highest BCUT2D eigenvalue weighted by Crippen LogP contribution is 2.35. The molecule has 0 aromatic heterocycles. The number of halogens is 2. The quantitative estimate of drug-likeness (QED) is 0.628. The molecule has 18 heavy (non-hydrogen) atoms. The Morgan fingerprint density at radius 3 is 2.28 bits per heavy atom. The zero-order valence-electron chi connectivity index (χ0n) is 10.8. The molecule has 0 aliphatic heterocycles. The first-order valence-electron chi connectivity index (χ1n) is 5.96. The smallest absolute Gasteiger partial charge is 0.0849 e. The Bertz CT molecular complexity index is 573. The molecule has 2 heteroatoms. The van der Waals surface area contributed by atoms with Gasteiger partial charge in [-0.2, -0.15) is 0 Å². The summed E-state index contributed by atoms with van der Waals surface area (Å²) in [5.41, 5.74) is 5.68. The molecule has 0 heterocycles. The minimum Gasteiger partial charge on any atom is -0.113 e. The van der Waals surface area contributed by atoms with E-state index in [-0.39, 0.29) is 5.38 Å². The molecule has 0 amide bonds. The third kappa shape index (κ3) is 2.71. The molecule has 1 atom stereocenters. The van der Waals surface area contributed by atoms with Crippen LogP contribution in [-0.2, 0) is 0 Å². The molecule has 2 rings (SSSR count). The summed E-state index contributed by atoms with van der Waals surface area (Å²) in [5.74, 6) is 0. The van der Waals surface area contributed by atoms with E-state index in [9.17, 15) is 0 Å². The third-order valence-electron chi connectivity index (χ3n) is 3.22. The van der Waals surface area contributed by atoms with E-state index in [4.69, 9.17) is 23.2 Å². The Kier molecular flexibility index (Phi) is 3.99. The first-order chi connectivity index (χ1) is 8.49. The van der Waals surface area contributed by atoms with Crippen LogP contribution >= 0.6 is 23.2 Å². The number of benzene rings is 2. The molecule has 0 aliphatic rings. The van der Waals surface area contributed by atoms with Crippen LogP contribution in [0.3, 0.4) is 0 Å². The van der Waals surface area contributed by atoms with Crippen LogP contribution in [0.25, 0.3) is 0 Å². The van der Waals surface area contributed by atoms with Crippen molar-refractivity contribution in [3.63, 3.8) is 0 Å². The van der Waals surface area contributed by atoms with E-state index in [1.165, 1.54) is 16.7 Å². The summed E-state index contributed by atoms with van der Waals surface area (Å²) in [5, 5.41) is 0.538. The van der Waals surface area contributed by atoms with Gasteiger partial charge in [0.1, 0.15) is 0 Å². The molecule has 2 aromatic rings. The average molecular weight is 279 g/mol. The lowest BCUT2D eigenvalue weighted by Gasteiger charge is -2.15. The maximum absolute atomic E-state index is 6.55. The molecule has 0 N–H and O–H groups in total. The summed E-state index contributed by atoms with van der Waals surface area (Å²) in [6.45, 7) is 6.20. The fourth-order valence-corrected chi connectivity index (χ4v) is 2.70. The van der Waals surface area contributed by atoms with E-state index in [2.05, 4.69) is 39.0 Å². The summed E-state index contributed by atoms with van der Waals surface area (Å²) in [4.78, 5) is 0. The number of aryl methyl sites for hydroxylation is 3. The standard InChI is InChI=1S/C16H16Cl2/c1-10-5-4-6-13(7-10)16(18)14-8-11(2)12(3)9-15(14)17/h4-9,16H,1-3H3. The van der Waals surface area contributed by atoms with Crippen LogP contribution in [-0.4, -0.2) is 0 Å². The van der Waals surface area contributed by atoms with E-state index in [0.29, 0.717) is 0 Å². The van der Waals surface area contributed by atoms with Gasteiger partial charge in [0, 0.05) is 5.02 Å². The SMILES string of the molecule is Cc1cccc(C(Cl)c2cc(C)c(C)cc2Cl)c1. The fourth-order valence-electron chi connectivity index (χ4n) is 2.00. The van der Waals surface area contributed by atoms with Gasteiger partial charge >= 0.3 is 0 Å². The number of hydrogen-bond donors (Lipinski definition) is 0. The topological polar surface area (TPSA) is 0 Å². The van der Waals surface area contributed by atoms with Crippen molar-refractivity contribution in [1.29, 1.82) is 0 Å². The van der Waals surface area contributed by atoms with Crippen LogP contribution < -0.4 is 0 Å². The molecule has 1 unspecified atom stereocenters. The fraction of sp³-hybridized carbons (Fsp3) is 0.250. The molecular weight excluding hydrogens is 263 g/mol. The van der Waals surface area contributed by atoms with Crippen molar-refractivity contribution in [3.8, 4) is 0 Å².